The van der Waals surface area contributed by atoms with E-state index in [1.807, 2.05) is 30.3 Å². The van der Waals surface area contributed by atoms with Crippen LogP contribution in [0.2, 0.25) is 0 Å². The number of imide groups is 1. The normalized spacial score (nSPS) is 32.7. The molecule has 4 aliphatic carbocycles. The fraction of sp³-hybridized carbons (Fsp3) is 0.320. The van der Waals surface area contributed by atoms with Gasteiger partial charge in [-0.3, -0.25) is 14.4 Å². The van der Waals surface area contributed by atoms with Crippen molar-refractivity contribution >= 4 is 23.5 Å². The number of amides is 2. The van der Waals surface area contributed by atoms with Crippen molar-refractivity contribution in [1.29, 1.82) is 0 Å². The van der Waals surface area contributed by atoms with Crippen LogP contribution in [0.15, 0.2) is 66.7 Å². The van der Waals surface area contributed by atoms with Crippen molar-refractivity contribution in [2.24, 2.45) is 35.5 Å². The minimum Gasteiger partial charge on any atom is -0.424 e. The first kappa shape index (κ1) is 17.6. The highest BCUT2D eigenvalue weighted by atomic mass is 16.5. The van der Waals surface area contributed by atoms with Crippen LogP contribution in [0.4, 0.5) is 5.69 Å². The zero-order valence-corrected chi connectivity index (χ0v) is 16.3. The Bertz CT molecular complexity index is 1060. The van der Waals surface area contributed by atoms with Gasteiger partial charge in [0.05, 0.1) is 23.9 Å². The van der Waals surface area contributed by atoms with E-state index < -0.39 is 5.97 Å². The number of carbonyl (C=O) groups excluding carboxylic acids is 3. The average Bonchev–Trinajstić information content (AvgIpc) is 3.53. The first-order valence-electron chi connectivity index (χ1n) is 10.5. The lowest BCUT2D eigenvalue weighted by Crippen LogP contribution is -2.40. The Hall–Kier alpha value is -3.21. The van der Waals surface area contributed by atoms with Crippen LogP contribution in [0.5, 0.6) is 5.75 Å². The lowest BCUT2D eigenvalue weighted by Gasteiger charge is -2.37. The Labute approximate surface area is 174 Å². The highest BCUT2D eigenvalue weighted by molar-refractivity contribution is 6.23. The van der Waals surface area contributed by atoms with Crippen LogP contribution in [0.1, 0.15) is 12.0 Å². The fourth-order valence-electron chi connectivity index (χ4n) is 5.84. The molecule has 5 nitrogen and oxygen atoms in total. The van der Waals surface area contributed by atoms with E-state index in [4.69, 9.17) is 4.74 Å². The third-order valence-electron chi connectivity index (χ3n) is 7.18. The Morgan fingerprint density at radius 1 is 0.867 bits per heavy atom. The number of para-hydroxylation sites is 2. The second-order valence-corrected chi connectivity index (χ2v) is 8.77. The first-order valence-corrected chi connectivity index (χ1v) is 10.5. The predicted molar refractivity (Wildman–Crippen MR) is 109 cm³/mol. The van der Waals surface area contributed by atoms with E-state index in [-0.39, 0.29) is 47.7 Å². The number of ether oxygens (including phenoxy) is 1. The minimum atomic E-state index is -0.423. The third-order valence-corrected chi connectivity index (χ3v) is 7.18. The molecule has 0 aromatic heterocycles. The van der Waals surface area contributed by atoms with Crippen LogP contribution < -0.4 is 9.64 Å². The number of hydrogen-bond acceptors (Lipinski definition) is 4. The summed E-state index contributed by atoms with van der Waals surface area (Å²) in [6.07, 6.45) is 5.56. The lowest BCUT2D eigenvalue weighted by atomic mass is 9.63. The van der Waals surface area contributed by atoms with E-state index >= 15 is 0 Å². The van der Waals surface area contributed by atoms with E-state index in [9.17, 15) is 14.4 Å². The summed E-state index contributed by atoms with van der Waals surface area (Å²) in [5.41, 5.74) is 1.22. The molecule has 2 saturated carbocycles. The van der Waals surface area contributed by atoms with Crippen LogP contribution in [0, 0.1) is 35.5 Å². The minimum absolute atomic E-state index is 0.125. The molecule has 30 heavy (non-hydrogen) atoms. The first-order chi connectivity index (χ1) is 14.6. The maximum Gasteiger partial charge on any atom is 0.315 e. The van der Waals surface area contributed by atoms with Gasteiger partial charge in [-0.25, -0.2) is 4.90 Å². The van der Waals surface area contributed by atoms with Gasteiger partial charge in [0.2, 0.25) is 11.8 Å². The van der Waals surface area contributed by atoms with Gasteiger partial charge in [-0.1, -0.05) is 54.6 Å². The summed E-state index contributed by atoms with van der Waals surface area (Å²) in [7, 11) is 0. The molecule has 0 radical (unpaired) electrons. The number of nitrogens with zero attached hydrogens (tertiary/aromatic N) is 1. The molecule has 2 amide bonds. The summed E-state index contributed by atoms with van der Waals surface area (Å²) in [6.45, 7) is 0. The predicted octanol–water partition coefficient (Wildman–Crippen LogP) is 3.39. The molecule has 0 N–H and O–H groups in total. The molecule has 2 aromatic carbocycles. The van der Waals surface area contributed by atoms with Crippen molar-refractivity contribution in [3.63, 3.8) is 0 Å². The molecule has 1 aliphatic heterocycles. The molecule has 2 aromatic rings. The molecule has 2 bridgehead atoms. The Morgan fingerprint density at radius 2 is 1.47 bits per heavy atom. The van der Waals surface area contributed by atoms with Crippen LogP contribution in [-0.2, 0) is 20.8 Å². The highest BCUT2D eigenvalue weighted by Gasteiger charge is 2.67. The van der Waals surface area contributed by atoms with Crippen molar-refractivity contribution in [2.45, 2.75) is 12.8 Å². The molecule has 1 saturated heterocycles. The molecule has 3 fully saturated rings. The summed E-state index contributed by atoms with van der Waals surface area (Å²) in [4.78, 5) is 40.5. The number of esters is 1. The molecule has 6 atom stereocenters. The highest BCUT2D eigenvalue weighted by Crippen LogP contribution is 2.65. The summed E-state index contributed by atoms with van der Waals surface area (Å²) < 4.78 is 5.61. The molecule has 0 spiro atoms. The number of allylic oxidation sites excluding steroid dienone is 2. The molecule has 1 heterocycles. The lowest BCUT2D eigenvalue weighted by molar-refractivity contribution is -0.134. The summed E-state index contributed by atoms with van der Waals surface area (Å²) in [6, 6.07) is 16.2. The second-order valence-electron chi connectivity index (χ2n) is 8.77. The molecule has 5 heteroatoms. The summed E-state index contributed by atoms with van der Waals surface area (Å²) in [5.74, 6) is 0.417. The van der Waals surface area contributed by atoms with Crippen LogP contribution >= 0.6 is 0 Å². The Kier molecular flexibility index (Phi) is 3.76. The maximum atomic E-state index is 13.4. The number of anilines is 1. The SMILES string of the molecule is O=C(Cc1ccccc1)Oc1ccccc1N1C(=O)[C@@H]2[C@H]3C=C[C@@H]([C@@H]4C[C@H]34)[C@H]2C1=O. The van der Waals surface area contributed by atoms with E-state index in [2.05, 4.69) is 12.2 Å². The van der Waals surface area contributed by atoms with Gasteiger partial charge < -0.3 is 4.74 Å². The van der Waals surface area contributed by atoms with Crippen molar-refractivity contribution in [2.75, 3.05) is 4.90 Å². The zero-order chi connectivity index (χ0) is 20.4. The van der Waals surface area contributed by atoms with Crippen LogP contribution in [-0.4, -0.2) is 17.8 Å². The van der Waals surface area contributed by atoms with Gasteiger partial charge in [0.15, 0.2) is 5.75 Å². The zero-order valence-electron chi connectivity index (χ0n) is 16.3. The molecule has 0 unspecified atom stereocenters. The van der Waals surface area contributed by atoms with Gasteiger partial charge >= 0.3 is 5.97 Å². The standard InChI is InChI=1S/C25H21NO4/c27-21(12-14-6-2-1-3-7-14)30-20-9-5-4-8-19(20)26-24(28)22-15-10-11-16(18-13-17(15)18)23(22)25(26)29/h1-11,15-18,22-23H,12-13H2/t15-,16-,17-,18+,22+,23+/m0/s1. The van der Waals surface area contributed by atoms with Gasteiger partial charge in [0.1, 0.15) is 0 Å². The number of hydrogen-bond donors (Lipinski definition) is 0. The number of benzene rings is 2. The van der Waals surface area contributed by atoms with Crippen LogP contribution in [0.25, 0.3) is 0 Å². The van der Waals surface area contributed by atoms with Gasteiger partial charge in [-0.2, -0.15) is 0 Å². The summed E-state index contributed by atoms with van der Waals surface area (Å²) in [5, 5.41) is 0. The van der Waals surface area contributed by atoms with Crippen molar-refractivity contribution in [3.8, 4) is 5.75 Å². The van der Waals surface area contributed by atoms with Crippen molar-refractivity contribution in [1.82, 2.24) is 0 Å². The van der Waals surface area contributed by atoms with E-state index in [0.29, 0.717) is 17.5 Å². The van der Waals surface area contributed by atoms with E-state index in [1.165, 1.54) is 4.90 Å². The fourth-order valence-corrected chi connectivity index (χ4v) is 5.84. The van der Waals surface area contributed by atoms with Crippen LogP contribution in [0.3, 0.4) is 0 Å². The second kappa shape index (κ2) is 6.39. The Morgan fingerprint density at radius 3 is 2.13 bits per heavy atom. The van der Waals surface area contributed by atoms with Gasteiger partial charge in [-0.05, 0) is 47.8 Å². The van der Waals surface area contributed by atoms with E-state index in [1.54, 1.807) is 24.3 Å². The number of carbonyl (C=O) groups is 3. The van der Waals surface area contributed by atoms with Gasteiger partial charge in [-0.15, -0.1) is 0 Å². The molecular weight excluding hydrogens is 378 g/mol. The molecular formula is C25H21NO4. The topological polar surface area (TPSA) is 63.7 Å². The molecule has 5 aliphatic rings. The quantitative estimate of drug-likeness (QED) is 0.342. The smallest absolute Gasteiger partial charge is 0.315 e. The Balaban J connectivity index is 1.29. The van der Waals surface area contributed by atoms with Gasteiger partial charge in [0.25, 0.3) is 0 Å². The summed E-state index contributed by atoms with van der Waals surface area (Å²) >= 11 is 0. The van der Waals surface area contributed by atoms with Crippen molar-refractivity contribution in [3.05, 3.63) is 72.3 Å². The monoisotopic (exact) mass is 399 g/mol. The maximum absolute atomic E-state index is 13.4. The van der Waals surface area contributed by atoms with Crippen molar-refractivity contribution < 1.29 is 19.1 Å². The average molecular weight is 399 g/mol. The molecule has 7 rings (SSSR count). The van der Waals surface area contributed by atoms with E-state index in [0.717, 1.165) is 12.0 Å². The largest absolute Gasteiger partial charge is 0.424 e. The number of rotatable bonds is 4. The van der Waals surface area contributed by atoms with Gasteiger partial charge in [0, 0.05) is 0 Å². The molecule has 150 valence electrons. The third kappa shape index (κ3) is 2.51.